The molecule has 0 bridgehead atoms. The lowest BCUT2D eigenvalue weighted by molar-refractivity contribution is 0.219. The van der Waals surface area contributed by atoms with Crippen LogP contribution in [-0.4, -0.2) is 6.04 Å². The molecule has 0 heterocycles. The molecule has 17 heavy (non-hydrogen) atoms. The van der Waals surface area contributed by atoms with Crippen molar-refractivity contribution < 1.29 is 0 Å². The Balaban J connectivity index is 2.05. The molecular weight excluding hydrogens is 230 g/mol. The normalized spacial score (nSPS) is 20.4. The Kier molecular flexibility index (Phi) is 4.11. The summed E-state index contributed by atoms with van der Waals surface area (Å²) in [5.74, 6) is 0. The smallest absolute Gasteiger partial charge is 0.0406 e. The van der Waals surface area contributed by atoms with Gasteiger partial charge in [0.15, 0.2) is 0 Å². The number of rotatable bonds is 4. The molecule has 0 aliphatic heterocycles. The lowest BCUT2D eigenvalue weighted by atomic mass is 9.74. The van der Waals surface area contributed by atoms with Crippen LogP contribution < -0.4 is 5.73 Å². The van der Waals surface area contributed by atoms with E-state index in [0.717, 1.165) is 11.4 Å². The van der Waals surface area contributed by atoms with Gasteiger partial charge in [0.05, 0.1) is 0 Å². The van der Waals surface area contributed by atoms with Crippen LogP contribution in [0, 0.1) is 5.41 Å². The average Bonchev–Trinajstić information content (AvgIpc) is 2.82. The Labute approximate surface area is 109 Å². The molecule has 1 aromatic rings. The number of benzene rings is 1. The maximum Gasteiger partial charge on any atom is 0.0406 e. The van der Waals surface area contributed by atoms with Crippen molar-refractivity contribution in [3.8, 4) is 0 Å². The van der Waals surface area contributed by atoms with Gasteiger partial charge in [-0.2, -0.15) is 0 Å². The fraction of sp³-hybridized carbons (Fsp3) is 0.600. The van der Waals surface area contributed by atoms with Crippen LogP contribution in [0.3, 0.4) is 0 Å². The van der Waals surface area contributed by atoms with Crippen molar-refractivity contribution in [2.45, 2.75) is 51.5 Å². The minimum atomic E-state index is 0.288. The van der Waals surface area contributed by atoms with Crippen molar-refractivity contribution in [3.63, 3.8) is 0 Å². The molecule has 0 radical (unpaired) electrons. The second-order valence-corrected chi connectivity index (χ2v) is 5.80. The number of hydrogen-bond acceptors (Lipinski definition) is 1. The second-order valence-electron chi connectivity index (χ2n) is 5.36. The van der Waals surface area contributed by atoms with Crippen molar-refractivity contribution >= 4 is 11.6 Å². The van der Waals surface area contributed by atoms with Gasteiger partial charge in [-0.05, 0) is 48.8 Å². The molecular formula is C15H22ClN. The first-order valence-corrected chi connectivity index (χ1v) is 7.04. The number of halogens is 1. The molecule has 0 aromatic heterocycles. The van der Waals surface area contributed by atoms with Crippen molar-refractivity contribution in [2.75, 3.05) is 0 Å². The van der Waals surface area contributed by atoms with Crippen molar-refractivity contribution in [3.05, 3.63) is 34.9 Å². The summed E-state index contributed by atoms with van der Waals surface area (Å²) in [4.78, 5) is 0. The summed E-state index contributed by atoms with van der Waals surface area (Å²) in [6.07, 6.45) is 7.49. The van der Waals surface area contributed by atoms with Gasteiger partial charge in [-0.3, -0.25) is 0 Å². The van der Waals surface area contributed by atoms with Crippen LogP contribution >= 0.6 is 11.6 Å². The van der Waals surface area contributed by atoms with Crippen LogP contribution in [0.1, 0.15) is 44.6 Å². The summed E-state index contributed by atoms with van der Waals surface area (Å²) < 4.78 is 0. The van der Waals surface area contributed by atoms with E-state index in [-0.39, 0.29) is 6.04 Å². The third kappa shape index (κ3) is 2.83. The van der Waals surface area contributed by atoms with E-state index in [9.17, 15) is 0 Å². The first kappa shape index (κ1) is 12.9. The fourth-order valence-electron chi connectivity index (χ4n) is 3.16. The summed E-state index contributed by atoms with van der Waals surface area (Å²) in [6.45, 7) is 2.28. The summed E-state index contributed by atoms with van der Waals surface area (Å²) in [6, 6.07) is 8.39. The SMILES string of the molecule is CCC1(C(N)Cc2ccc(Cl)cc2)CCCC1. The minimum Gasteiger partial charge on any atom is -0.327 e. The molecule has 0 amide bonds. The quantitative estimate of drug-likeness (QED) is 0.854. The van der Waals surface area contributed by atoms with Crippen LogP contribution in [0.5, 0.6) is 0 Å². The second kappa shape index (κ2) is 5.41. The molecule has 1 aromatic carbocycles. The molecule has 1 atom stereocenters. The largest absolute Gasteiger partial charge is 0.327 e. The molecule has 1 aliphatic carbocycles. The van der Waals surface area contributed by atoms with Gasteiger partial charge in [0.1, 0.15) is 0 Å². The maximum atomic E-state index is 6.46. The zero-order chi connectivity index (χ0) is 12.3. The molecule has 94 valence electrons. The zero-order valence-electron chi connectivity index (χ0n) is 10.6. The Hall–Kier alpha value is -0.530. The van der Waals surface area contributed by atoms with Crippen LogP contribution in [-0.2, 0) is 6.42 Å². The lowest BCUT2D eigenvalue weighted by Crippen LogP contribution is -2.41. The van der Waals surface area contributed by atoms with Gasteiger partial charge < -0.3 is 5.73 Å². The van der Waals surface area contributed by atoms with Crippen LogP contribution in [0.15, 0.2) is 24.3 Å². The predicted molar refractivity (Wildman–Crippen MR) is 74.3 cm³/mol. The molecule has 2 heteroatoms. The first-order chi connectivity index (χ1) is 8.16. The van der Waals surface area contributed by atoms with Crippen LogP contribution in [0.4, 0.5) is 0 Å². The van der Waals surface area contributed by atoms with E-state index in [1.54, 1.807) is 0 Å². The Morgan fingerprint density at radius 3 is 2.35 bits per heavy atom. The molecule has 1 unspecified atom stereocenters. The molecule has 1 saturated carbocycles. The third-order valence-electron chi connectivity index (χ3n) is 4.46. The van der Waals surface area contributed by atoms with E-state index in [4.69, 9.17) is 17.3 Å². The van der Waals surface area contributed by atoms with Gasteiger partial charge >= 0.3 is 0 Å². The van der Waals surface area contributed by atoms with E-state index in [0.29, 0.717) is 5.41 Å². The van der Waals surface area contributed by atoms with Crippen molar-refractivity contribution in [1.29, 1.82) is 0 Å². The molecule has 0 spiro atoms. The standard InChI is InChI=1S/C15H22ClN/c1-2-15(9-3-4-10-15)14(17)11-12-5-7-13(16)8-6-12/h5-8,14H,2-4,9-11,17H2,1H3. The predicted octanol–water partition coefficient (Wildman–Crippen LogP) is 4.18. The maximum absolute atomic E-state index is 6.46. The summed E-state index contributed by atoms with van der Waals surface area (Å²) in [7, 11) is 0. The van der Waals surface area contributed by atoms with E-state index < -0.39 is 0 Å². The summed E-state index contributed by atoms with van der Waals surface area (Å²) in [5, 5.41) is 0.799. The Morgan fingerprint density at radius 2 is 1.82 bits per heavy atom. The van der Waals surface area contributed by atoms with E-state index in [1.165, 1.54) is 37.7 Å². The van der Waals surface area contributed by atoms with Crippen LogP contribution in [0.2, 0.25) is 5.02 Å². The molecule has 2 rings (SSSR count). The first-order valence-electron chi connectivity index (χ1n) is 6.66. The number of nitrogens with two attached hydrogens (primary N) is 1. The van der Waals surface area contributed by atoms with Crippen molar-refractivity contribution in [1.82, 2.24) is 0 Å². The highest BCUT2D eigenvalue weighted by Crippen LogP contribution is 2.43. The highest BCUT2D eigenvalue weighted by Gasteiger charge is 2.37. The molecule has 1 nitrogen and oxygen atoms in total. The lowest BCUT2D eigenvalue weighted by Gasteiger charge is -2.34. The highest BCUT2D eigenvalue weighted by molar-refractivity contribution is 6.30. The van der Waals surface area contributed by atoms with E-state index in [2.05, 4.69) is 19.1 Å². The highest BCUT2D eigenvalue weighted by atomic mass is 35.5. The van der Waals surface area contributed by atoms with Gasteiger partial charge in [0.25, 0.3) is 0 Å². The van der Waals surface area contributed by atoms with Crippen molar-refractivity contribution in [2.24, 2.45) is 11.1 Å². The van der Waals surface area contributed by atoms with Crippen LogP contribution in [0.25, 0.3) is 0 Å². The third-order valence-corrected chi connectivity index (χ3v) is 4.71. The van der Waals surface area contributed by atoms with Gasteiger partial charge in [-0.15, -0.1) is 0 Å². The average molecular weight is 252 g/mol. The number of hydrogen-bond donors (Lipinski definition) is 1. The Morgan fingerprint density at radius 1 is 1.24 bits per heavy atom. The van der Waals surface area contributed by atoms with E-state index >= 15 is 0 Å². The topological polar surface area (TPSA) is 26.0 Å². The fourth-order valence-corrected chi connectivity index (χ4v) is 3.28. The van der Waals surface area contributed by atoms with Gasteiger partial charge in [-0.1, -0.05) is 43.5 Å². The molecule has 0 saturated heterocycles. The minimum absolute atomic E-state index is 0.288. The monoisotopic (exact) mass is 251 g/mol. The van der Waals surface area contributed by atoms with Gasteiger partial charge in [0.2, 0.25) is 0 Å². The Bertz CT molecular complexity index is 352. The summed E-state index contributed by atoms with van der Waals surface area (Å²) in [5.41, 5.74) is 8.16. The molecule has 1 aliphatic rings. The molecule has 1 fully saturated rings. The van der Waals surface area contributed by atoms with E-state index in [1.807, 2.05) is 12.1 Å². The van der Waals surface area contributed by atoms with Gasteiger partial charge in [0, 0.05) is 11.1 Å². The zero-order valence-corrected chi connectivity index (χ0v) is 11.3. The van der Waals surface area contributed by atoms with Gasteiger partial charge in [-0.25, -0.2) is 0 Å². The summed E-state index contributed by atoms with van der Waals surface area (Å²) >= 11 is 5.90. The molecule has 2 N–H and O–H groups in total.